The van der Waals surface area contributed by atoms with Gasteiger partial charge in [0, 0.05) is 10.9 Å². The second-order valence-corrected chi connectivity index (χ2v) is 3.00. The van der Waals surface area contributed by atoms with Crippen molar-refractivity contribution in [2.45, 2.75) is 0 Å². The lowest BCUT2D eigenvalue weighted by atomic mass is 10.2. The van der Waals surface area contributed by atoms with Crippen LogP contribution in [0.15, 0.2) is 24.4 Å². The SMILES string of the molecule is CNCC#Cc1ccc2[nH]ncc2c1. The molecule has 14 heavy (non-hydrogen) atoms. The molecule has 0 aliphatic carbocycles. The molecule has 0 amide bonds. The third-order valence-corrected chi connectivity index (χ3v) is 1.94. The molecule has 0 aliphatic heterocycles. The maximum absolute atomic E-state index is 3.95. The molecule has 70 valence electrons. The highest BCUT2D eigenvalue weighted by Gasteiger charge is 1.94. The largest absolute Gasteiger partial charge is 0.309 e. The van der Waals surface area contributed by atoms with Gasteiger partial charge in [-0.25, -0.2) is 0 Å². The molecule has 2 rings (SSSR count). The lowest BCUT2D eigenvalue weighted by Crippen LogP contribution is -2.04. The molecular weight excluding hydrogens is 174 g/mol. The average molecular weight is 185 g/mol. The van der Waals surface area contributed by atoms with E-state index in [2.05, 4.69) is 27.4 Å². The van der Waals surface area contributed by atoms with Gasteiger partial charge in [0.05, 0.1) is 18.3 Å². The van der Waals surface area contributed by atoms with E-state index in [0.717, 1.165) is 16.5 Å². The fraction of sp³-hybridized carbons (Fsp3) is 0.182. The third-order valence-electron chi connectivity index (χ3n) is 1.94. The van der Waals surface area contributed by atoms with Gasteiger partial charge < -0.3 is 5.32 Å². The number of aromatic nitrogens is 2. The summed E-state index contributed by atoms with van der Waals surface area (Å²) in [4.78, 5) is 0. The Hall–Kier alpha value is -1.79. The Morgan fingerprint density at radius 1 is 1.50 bits per heavy atom. The van der Waals surface area contributed by atoms with Crippen LogP contribution in [0.25, 0.3) is 10.9 Å². The van der Waals surface area contributed by atoms with Crippen molar-refractivity contribution >= 4 is 10.9 Å². The maximum atomic E-state index is 3.95. The van der Waals surface area contributed by atoms with Crippen LogP contribution in [-0.2, 0) is 0 Å². The summed E-state index contributed by atoms with van der Waals surface area (Å²) in [6, 6.07) is 6.01. The van der Waals surface area contributed by atoms with Gasteiger partial charge in [0.2, 0.25) is 0 Å². The van der Waals surface area contributed by atoms with E-state index in [0.29, 0.717) is 6.54 Å². The minimum absolute atomic E-state index is 0.712. The summed E-state index contributed by atoms with van der Waals surface area (Å²) in [5, 5.41) is 10.9. The van der Waals surface area contributed by atoms with Gasteiger partial charge in [0.15, 0.2) is 0 Å². The topological polar surface area (TPSA) is 40.7 Å². The smallest absolute Gasteiger partial charge is 0.0651 e. The Morgan fingerprint density at radius 2 is 2.43 bits per heavy atom. The van der Waals surface area contributed by atoms with Crippen LogP contribution in [0.2, 0.25) is 0 Å². The summed E-state index contributed by atoms with van der Waals surface area (Å²) in [6.45, 7) is 0.712. The molecule has 0 spiro atoms. The minimum Gasteiger partial charge on any atom is -0.309 e. The van der Waals surface area contributed by atoms with Gasteiger partial charge in [-0.15, -0.1) is 0 Å². The van der Waals surface area contributed by atoms with Gasteiger partial charge in [-0.1, -0.05) is 11.8 Å². The first kappa shape index (κ1) is 8.79. The second-order valence-electron chi connectivity index (χ2n) is 3.00. The molecule has 0 atom stereocenters. The van der Waals surface area contributed by atoms with E-state index in [9.17, 15) is 0 Å². The van der Waals surface area contributed by atoms with Gasteiger partial charge in [0.1, 0.15) is 0 Å². The zero-order chi connectivity index (χ0) is 9.80. The molecule has 3 heteroatoms. The highest BCUT2D eigenvalue weighted by molar-refractivity contribution is 5.79. The minimum atomic E-state index is 0.712. The van der Waals surface area contributed by atoms with Crippen molar-refractivity contribution in [2.24, 2.45) is 0 Å². The van der Waals surface area contributed by atoms with Crippen LogP contribution >= 0.6 is 0 Å². The van der Waals surface area contributed by atoms with Gasteiger partial charge in [-0.05, 0) is 25.2 Å². The van der Waals surface area contributed by atoms with E-state index < -0.39 is 0 Å². The van der Waals surface area contributed by atoms with Crippen molar-refractivity contribution in [3.8, 4) is 11.8 Å². The van der Waals surface area contributed by atoms with Crippen LogP contribution in [0.5, 0.6) is 0 Å². The molecule has 3 nitrogen and oxygen atoms in total. The summed E-state index contributed by atoms with van der Waals surface area (Å²) in [5.41, 5.74) is 2.07. The third kappa shape index (κ3) is 1.76. The Bertz CT molecular complexity index is 488. The molecule has 1 aromatic heterocycles. The number of hydrogen-bond donors (Lipinski definition) is 2. The van der Waals surface area contributed by atoms with Crippen molar-refractivity contribution in [1.82, 2.24) is 15.5 Å². The zero-order valence-electron chi connectivity index (χ0n) is 7.96. The van der Waals surface area contributed by atoms with Crippen molar-refractivity contribution in [2.75, 3.05) is 13.6 Å². The Kier molecular flexibility index (Phi) is 2.48. The van der Waals surface area contributed by atoms with Crippen molar-refractivity contribution in [3.05, 3.63) is 30.0 Å². The van der Waals surface area contributed by atoms with E-state index in [1.165, 1.54) is 0 Å². The summed E-state index contributed by atoms with van der Waals surface area (Å²) in [5.74, 6) is 6.09. The summed E-state index contributed by atoms with van der Waals surface area (Å²) in [6.07, 6.45) is 1.80. The van der Waals surface area contributed by atoms with Crippen molar-refractivity contribution in [1.29, 1.82) is 0 Å². The molecule has 0 saturated heterocycles. The molecule has 0 aliphatic rings. The number of hydrogen-bond acceptors (Lipinski definition) is 2. The van der Waals surface area contributed by atoms with E-state index in [4.69, 9.17) is 0 Å². The number of fused-ring (bicyclic) bond motifs is 1. The van der Waals surface area contributed by atoms with Crippen LogP contribution in [0.1, 0.15) is 5.56 Å². The number of nitrogens with zero attached hydrogens (tertiary/aromatic N) is 1. The predicted molar refractivity (Wildman–Crippen MR) is 56.9 cm³/mol. The first-order chi connectivity index (χ1) is 6.90. The molecule has 1 heterocycles. The van der Waals surface area contributed by atoms with E-state index >= 15 is 0 Å². The van der Waals surface area contributed by atoms with E-state index in [-0.39, 0.29) is 0 Å². The number of aromatic amines is 1. The number of benzene rings is 1. The number of H-pyrrole nitrogens is 1. The van der Waals surface area contributed by atoms with E-state index in [1.54, 1.807) is 6.20 Å². The summed E-state index contributed by atoms with van der Waals surface area (Å²) < 4.78 is 0. The van der Waals surface area contributed by atoms with Gasteiger partial charge in [-0.3, -0.25) is 5.10 Å². The maximum Gasteiger partial charge on any atom is 0.0651 e. The standard InChI is InChI=1S/C11H11N3/c1-12-6-2-3-9-4-5-11-10(7-9)8-13-14-11/h4-5,7-8,12H,6H2,1H3,(H,13,14). The molecule has 0 bridgehead atoms. The van der Waals surface area contributed by atoms with Crippen LogP contribution in [0.3, 0.4) is 0 Å². The fourth-order valence-corrected chi connectivity index (χ4v) is 1.26. The molecule has 0 fully saturated rings. The molecule has 2 N–H and O–H groups in total. The molecule has 0 radical (unpaired) electrons. The monoisotopic (exact) mass is 185 g/mol. The second kappa shape index (κ2) is 3.95. The first-order valence-corrected chi connectivity index (χ1v) is 4.47. The first-order valence-electron chi connectivity index (χ1n) is 4.47. The Morgan fingerprint density at radius 3 is 3.29 bits per heavy atom. The lowest BCUT2D eigenvalue weighted by Gasteiger charge is -1.90. The zero-order valence-corrected chi connectivity index (χ0v) is 7.96. The number of nitrogens with one attached hydrogen (secondary N) is 2. The van der Waals surface area contributed by atoms with Gasteiger partial charge in [0.25, 0.3) is 0 Å². The van der Waals surface area contributed by atoms with E-state index in [1.807, 2.05) is 25.2 Å². The molecular formula is C11H11N3. The van der Waals surface area contributed by atoms with Gasteiger partial charge in [-0.2, -0.15) is 5.10 Å². The van der Waals surface area contributed by atoms with Crippen LogP contribution in [0, 0.1) is 11.8 Å². The summed E-state index contributed by atoms with van der Waals surface area (Å²) >= 11 is 0. The fourth-order valence-electron chi connectivity index (χ4n) is 1.26. The molecule has 1 aromatic carbocycles. The average Bonchev–Trinajstić information content (AvgIpc) is 2.65. The van der Waals surface area contributed by atoms with Crippen molar-refractivity contribution < 1.29 is 0 Å². The quantitative estimate of drug-likeness (QED) is 0.654. The van der Waals surface area contributed by atoms with Crippen LogP contribution < -0.4 is 5.32 Å². The highest BCUT2D eigenvalue weighted by Crippen LogP contribution is 2.11. The lowest BCUT2D eigenvalue weighted by molar-refractivity contribution is 0.938. The Labute approximate surface area is 82.5 Å². The highest BCUT2D eigenvalue weighted by atomic mass is 15.1. The Balaban J connectivity index is 2.31. The van der Waals surface area contributed by atoms with Crippen molar-refractivity contribution in [3.63, 3.8) is 0 Å². The molecule has 2 aromatic rings. The van der Waals surface area contributed by atoms with Crippen LogP contribution in [0.4, 0.5) is 0 Å². The number of rotatable bonds is 1. The molecule has 0 saturated carbocycles. The predicted octanol–water partition coefficient (Wildman–Crippen LogP) is 1.13. The normalized spacial score (nSPS) is 9.79. The molecule has 0 unspecified atom stereocenters. The van der Waals surface area contributed by atoms with Gasteiger partial charge >= 0.3 is 0 Å². The summed E-state index contributed by atoms with van der Waals surface area (Å²) in [7, 11) is 1.88. The van der Waals surface area contributed by atoms with Crippen LogP contribution in [-0.4, -0.2) is 23.8 Å².